The van der Waals surface area contributed by atoms with Gasteiger partial charge in [0.05, 0.1) is 5.41 Å². The molecule has 0 bridgehead atoms. The predicted molar refractivity (Wildman–Crippen MR) is 72.6 cm³/mol. The maximum Gasteiger partial charge on any atom is 0.235 e. The Kier molecular flexibility index (Phi) is 2.00. The van der Waals surface area contributed by atoms with E-state index >= 15 is 0 Å². The highest BCUT2D eigenvalue weighted by Gasteiger charge is 2.66. The van der Waals surface area contributed by atoms with E-state index in [-0.39, 0.29) is 11.8 Å². The van der Waals surface area contributed by atoms with Gasteiger partial charge in [-0.25, -0.2) is 0 Å². The van der Waals surface area contributed by atoms with Crippen LogP contribution in [0.2, 0.25) is 5.02 Å². The van der Waals surface area contributed by atoms with Crippen molar-refractivity contribution in [2.24, 2.45) is 0 Å². The third-order valence-corrected chi connectivity index (χ3v) is 4.42. The second-order valence-corrected chi connectivity index (χ2v) is 5.76. The van der Waals surface area contributed by atoms with Gasteiger partial charge >= 0.3 is 0 Å². The summed E-state index contributed by atoms with van der Waals surface area (Å²) in [4.78, 5) is 12.3. The van der Waals surface area contributed by atoms with E-state index in [0.717, 1.165) is 29.2 Å². The molecule has 2 aromatic rings. The van der Waals surface area contributed by atoms with Crippen molar-refractivity contribution in [1.29, 1.82) is 0 Å². The number of furan rings is 1. The number of aryl methyl sites for hydroxylation is 1. The van der Waals surface area contributed by atoms with Crippen LogP contribution < -0.4 is 5.32 Å². The fourth-order valence-electron chi connectivity index (χ4n) is 3.15. The number of amides is 1. The fourth-order valence-corrected chi connectivity index (χ4v) is 3.32. The Hall–Kier alpha value is -1.74. The highest BCUT2D eigenvalue weighted by atomic mass is 35.5. The molecule has 1 aliphatic heterocycles. The molecular formula is C15H12ClNO2. The topological polar surface area (TPSA) is 42.2 Å². The van der Waals surface area contributed by atoms with Crippen molar-refractivity contribution in [2.75, 3.05) is 5.32 Å². The van der Waals surface area contributed by atoms with Crippen molar-refractivity contribution < 1.29 is 9.21 Å². The van der Waals surface area contributed by atoms with Gasteiger partial charge in [0.1, 0.15) is 11.5 Å². The van der Waals surface area contributed by atoms with Crippen molar-refractivity contribution >= 4 is 23.2 Å². The number of rotatable bonds is 1. The first-order valence-corrected chi connectivity index (χ1v) is 6.67. The van der Waals surface area contributed by atoms with Gasteiger partial charge in [-0.05, 0) is 49.2 Å². The smallest absolute Gasteiger partial charge is 0.235 e. The van der Waals surface area contributed by atoms with Crippen LogP contribution in [0.3, 0.4) is 0 Å². The number of fused-ring (bicyclic) bond motifs is 2. The van der Waals surface area contributed by atoms with Crippen LogP contribution in [0.15, 0.2) is 34.7 Å². The van der Waals surface area contributed by atoms with Crippen molar-refractivity contribution in [3.05, 3.63) is 52.4 Å². The fraction of sp³-hybridized carbons (Fsp3) is 0.267. The summed E-state index contributed by atoms with van der Waals surface area (Å²) in [6.45, 7) is 1.91. The van der Waals surface area contributed by atoms with Gasteiger partial charge < -0.3 is 9.73 Å². The zero-order valence-electron chi connectivity index (χ0n) is 10.4. The third kappa shape index (κ3) is 1.36. The maximum absolute atomic E-state index is 12.3. The van der Waals surface area contributed by atoms with Crippen molar-refractivity contribution in [3.8, 4) is 0 Å². The quantitative estimate of drug-likeness (QED) is 0.862. The van der Waals surface area contributed by atoms with Crippen molar-refractivity contribution in [2.45, 2.75) is 24.7 Å². The average molecular weight is 274 g/mol. The molecule has 1 amide bonds. The lowest BCUT2D eigenvalue weighted by molar-refractivity contribution is -0.118. The Morgan fingerprint density at radius 2 is 2.21 bits per heavy atom. The molecule has 2 heterocycles. The molecule has 1 aromatic carbocycles. The molecule has 1 N–H and O–H groups in total. The number of benzene rings is 1. The monoisotopic (exact) mass is 273 g/mol. The van der Waals surface area contributed by atoms with E-state index in [9.17, 15) is 4.79 Å². The van der Waals surface area contributed by atoms with Crippen LogP contribution in [0.25, 0.3) is 0 Å². The molecule has 96 valence electrons. The Morgan fingerprint density at radius 1 is 1.37 bits per heavy atom. The zero-order valence-corrected chi connectivity index (χ0v) is 11.1. The van der Waals surface area contributed by atoms with Gasteiger partial charge in [0.15, 0.2) is 0 Å². The molecular weight excluding hydrogens is 262 g/mol. The van der Waals surface area contributed by atoms with Crippen LogP contribution in [0.4, 0.5) is 5.69 Å². The molecule has 4 heteroatoms. The number of halogens is 1. The summed E-state index contributed by atoms with van der Waals surface area (Å²) < 4.78 is 5.67. The molecule has 1 fully saturated rings. The predicted octanol–water partition coefficient (Wildman–Crippen LogP) is 3.62. The van der Waals surface area contributed by atoms with E-state index in [4.69, 9.17) is 16.0 Å². The van der Waals surface area contributed by atoms with Gasteiger partial charge in [0.2, 0.25) is 5.91 Å². The second kappa shape index (κ2) is 3.42. The Morgan fingerprint density at radius 3 is 2.95 bits per heavy atom. The summed E-state index contributed by atoms with van der Waals surface area (Å²) >= 11 is 6.06. The Balaban J connectivity index is 1.82. The van der Waals surface area contributed by atoms with Crippen LogP contribution in [-0.4, -0.2) is 5.91 Å². The van der Waals surface area contributed by atoms with Gasteiger partial charge in [0, 0.05) is 16.6 Å². The zero-order chi connectivity index (χ0) is 13.2. The third-order valence-electron chi connectivity index (χ3n) is 4.18. The van der Waals surface area contributed by atoms with Gasteiger partial charge in [-0.15, -0.1) is 0 Å². The minimum absolute atomic E-state index is 0.0591. The van der Waals surface area contributed by atoms with E-state index in [0.29, 0.717) is 5.02 Å². The van der Waals surface area contributed by atoms with Gasteiger partial charge in [-0.3, -0.25) is 4.79 Å². The van der Waals surface area contributed by atoms with E-state index in [1.165, 1.54) is 0 Å². The first-order valence-electron chi connectivity index (χ1n) is 6.29. The van der Waals surface area contributed by atoms with Crippen LogP contribution in [-0.2, 0) is 10.2 Å². The minimum Gasteiger partial charge on any atom is -0.466 e. The molecule has 1 spiro atoms. The van der Waals surface area contributed by atoms with Crippen LogP contribution in [0.5, 0.6) is 0 Å². The maximum atomic E-state index is 12.3. The number of nitrogens with one attached hydrogen (secondary N) is 1. The lowest BCUT2D eigenvalue weighted by atomic mass is 9.94. The van der Waals surface area contributed by atoms with Crippen LogP contribution in [0.1, 0.15) is 29.4 Å². The largest absolute Gasteiger partial charge is 0.466 e. The van der Waals surface area contributed by atoms with Gasteiger partial charge in [0.25, 0.3) is 0 Å². The minimum atomic E-state index is -0.468. The molecule has 19 heavy (non-hydrogen) atoms. The number of carbonyl (C=O) groups excluding carboxylic acids is 1. The standard InChI is InChI=1S/C15H12ClNO2/c1-8-2-5-13(19-8)11-7-15(11)10-6-9(16)3-4-12(10)17-14(15)18/h2-6,11H,7H2,1H3,(H,17,18)/t11-,15-/m1/s1. The average Bonchev–Trinajstić information content (AvgIpc) is 2.90. The molecule has 1 aliphatic carbocycles. The lowest BCUT2D eigenvalue weighted by Crippen LogP contribution is -2.20. The number of carbonyl (C=O) groups is 1. The van der Waals surface area contributed by atoms with Crippen molar-refractivity contribution in [3.63, 3.8) is 0 Å². The molecule has 1 saturated carbocycles. The summed E-state index contributed by atoms with van der Waals surface area (Å²) in [5, 5.41) is 3.61. The Bertz CT molecular complexity index is 706. The summed E-state index contributed by atoms with van der Waals surface area (Å²) in [5.74, 6) is 1.95. The highest BCUT2D eigenvalue weighted by Crippen LogP contribution is 2.65. The molecule has 3 nitrogen and oxygen atoms in total. The van der Waals surface area contributed by atoms with Crippen molar-refractivity contribution in [1.82, 2.24) is 0 Å². The van der Waals surface area contributed by atoms with E-state index in [1.807, 2.05) is 31.2 Å². The van der Waals surface area contributed by atoms with E-state index < -0.39 is 5.41 Å². The molecule has 0 unspecified atom stereocenters. The second-order valence-electron chi connectivity index (χ2n) is 5.32. The summed E-state index contributed by atoms with van der Waals surface area (Å²) in [5.41, 5.74) is 1.41. The first-order chi connectivity index (χ1) is 9.11. The SMILES string of the molecule is Cc1ccc([C@H]2C[C@]23C(=O)Nc2ccc(Cl)cc23)o1. The molecule has 2 aliphatic rings. The number of hydrogen-bond acceptors (Lipinski definition) is 2. The van der Waals surface area contributed by atoms with Gasteiger partial charge in [-0.1, -0.05) is 11.6 Å². The summed E-state index contributed by atoms with van der Waals surface area (Å²) in [6.07, 6.45) is 0.791. The molecule has 4 rings (SSSR count). The summed E-state index contributed by atoms with van der Waals surface area (Å²) in [7, 11) is 0. The first kappa shape index (κ1) is 11.1. The molecule has 0 radical (unpaired) electrons. The molecule has 2 atom stereocenters. The number of anilines is 1. The van der Waals surface area contributed by atoms with Crippen LogP contribution >= 0.6 is 11.6 Å². The highest BCUT2D eigenvalue weighted by molar-refractivity contribution is 6.31. The van der Waals surface area contributed by atoms with Gasteiger partial charge in [-0.2, -0.15) is 0 Å². The summed E-state index contributed by atoms with van der Waals surface area (Å²) in [6, 6.07) is 9.46. The normalized spacial score (nSPS) is 27.5. The number of hydrogen-bond donors (Lipinski definition) is 1. The lowest BCUT2D eigenvalue weighted by Gasteiger charge is -2.07. The van der Waals surface area contributed by atoms with Crippen LogP contribution in [0, 0.1) is 6.92 Å². The van der Waals surface area contributed by atoms with E-state index in [1.54, 1.807) is 6.07 Å². The van der Waals surface area contributed by atoms with E-state index in [2.05, 4.69) is 5.32 Å². The molecule has 1 aromatic heterocycles. The Labute approximate surface area is 115 Å². The molecule has 0 saturated heterocycles.